The average Bonchev–Trinajstić information content (AvgIpc) is 2.11. The van der Waals surface area contributed by atoms with Crippen LogP contribution in [-0.2, 0) is 5.60 Å². The molecule has 0 fully saturated rings. The molecule has 0 atom stereocenters. The number of hydrogen-bond acceptors (Lipinski definition) is 3. The molecular formula is C6H8BrNOS. The van der Waals surface area contributed by atoms with E-state index in [0.717, 1.165) is 3.92 Å². The highest BCUT2D eigenvalue weighted by Crippen LogP contribution is 2.24. The van der Waals surface area contributed by atoms with Gasteiger partial charge in [0.25, 0.3) is 0 Å². The fourth-order valence-corrected chi connectivity index (χ4v) is 1.71. The Kier molecular flexibility index (Phi) is 2.12. The number of hydrogen-bond donors (Lipinski definition) is 1. The first-order chi connectivity index (χ1) is 4.50. The first kappa shape index (κ1) is 8.17. The Morgan fingerprint density at radius 3 is 2.50 bits per heavy atom. The van der Waals surface area contributed by atoms with Gasteiger partial charge in [-0.1, -0.05) is 0 Å². The van der Waals surface area contributed by atoms with Crippen molar-refractivity contribution in [1.29, 1.82) is 0 Å². The summed E-state index contributed by atoms with van der Waals surface area (Å²) in [5.41, 5.74) is -0.105. The van der Waals surface area contributed by atoms with E-state index in [1.54, 1.807) is 13.8 Å². The summed E-state index contributed by atoms with van der Waals surface area (Å²) >= 11 is 4.70. The summed E-state index contributed by atoms with van der Waals surface area (Å²) in [6.45, 7) is 3.43. The molecule has 1 rings (SSSR count). The van der Waals surface area contributed by atoms with Gasteiger partial charge in [0.05, 0.1) is 5.69 Å². The highest BCUT2D eigenvalue weighted by atomic mass is 79.9. The Balaban J connectivity index is 2.96. The van der Waals surface area contributed by atoms with E-state index in [9.17, 15) is 5.11 Å². The van der Waals surface area contributed by atoms with Crippen LogP contribution in [0.25, 0.3) is 0 Å². The molecule has 1 N–H and O–H groups in total. The monoisotopic (exact) mass is 221 g/mol. The summed E-state index contributed by atoms with van der Waals surface area (Å²) in [6, 6.07) is 0. The molecule has 56 valence electrons. The van der Waals surface area contributed by atoms with Crippen molar-refractivity contribution in [2.45, 2.75) is 19.4 Å². The van der Waals surface area contributed by atoms with Crippen molar-refractivity contribution < 1.29 is 5.11 Å². The van der Waals surface area contributed by atoms with Crippen LogP contribution in [-0.4, -0.2) is 10.1 Å². The maximum absolute atomic E-state index is 9.43. The zero-order chi connectivity index (χ0) is 7.78. The van der Waals surface area contributed by atoms with Crippen LogP contribution in [0.2, 0.25) is 0 Å². The average molecular weight is 222 g/mol. The van der Waals surface area contributed by atoms with E-state index >= 15 is 0 Å². The Bertz CT molecular complexity index is 228. The molecule has 0 aliphatic rings. The van der Waals surface area contributed by atoms with Gasteiger partial charge in [-0.2, -0.15) is 0 Å². The van der Waals surface area contributed by atoms with Gasteiger partial charge in [-0.15, -0.1) is 11.3 Å². The molecule has 1 aromatic rings. The molecule has 0 saturated carbocycles. The molecule has 2 nitrogen and oxygen atoms in total. The van der Waals surface area contributed by atoms with Crippen molar-refractivity contribution in [2.24, 2.45) is 0 Å². The van der Waals surface area contributed by atoms with Gasteiger partial charge in [-0.25, -0.2) is 4.98 Å². The third-order valence-corrected chi connectivity index (χ3v) is 2.47. The topological polar surface area (TPSA) is 33.1 Å². The molecule has 0 saturated heterocycles. The minimum atomic E-state index is -0.817. The van der Waals surface area contributed by atoms with Crippen molar-refractivity contribution in [1.82, 2.24) is 4.98 Å². The number of halogens is 1. The number of nitrogens with zero attached hydrogens (tertiary/aromatic N) is 1. The number of thiazole rings is 1. The molecule has 4 heteroatoms. The van der Waals surface area contributed by atoms with E-state index in [0.29, 0.717) is 5.69 Å². The lowest BCUT2D eigenvalue weighted by atomic mass is 10.1. The Morgan fingerprint density at radius 1 is 1.70 bits per heavy atom. The van der Waals surface area contributed by atoms with Gasteiger partial charge in [0.2, 0.25) is 0 Å². The third-order valence-electron chi connectivity index (χ3n) is 1.10. The van der Waals surface area contributed by atoms with E-state index in [2.05, 4.69) is 20.9 Å². The SMILES string of the molecule is CC(C)(O)c1csc(Br)n1. The van der Waals surface area contributed by atoms with Crippen LogP contribution in [0.3, 0.4) is 0 Å². The highest BCUT2D eigenvalue weighted by molar-refractivity contribution is 9.11. The van der Waals surface area contributed by atoms with Crippen LogP contribution in [0.5, 0.6) is 0 Å². The van der Waals surface area contributed by atoms with Crippen molar-refractivity contribution in [2.75, 3.05) is 0 Å². The van der Waals surface area contributed by atoms with Gasteiger partial charge in [0, 0.05) is 5.38 Å². The van der Waals surface area contributed by atoms with E-state index in [4.69, 9.17) is 0 Å². The van der Waals surface area contributed by atoms with Crippen molar-refractivity contribution in [3.8, 4) is 0 Å². The van der Waals surface area contributed by atoms with Gasteiger partial charge in [0.1, 0.15) is 5.60 Å². The molecule has 0 aromatic carbocycles. The van der Waals surface area contributed by atoms with Crippen molar-refractivity contribution in [3.05, 3.63) is 15.0 Å². The van der Waals surface area contributed by atoms with Crippen molar-refractivity contribution >= 4 is 27.3 Å². The minimum Gasteiger partial charge on any atom is -0.384 e. The maximum atomic E-state index is 9.43. The standard InChI is InChI=1S/C6H8BrNOS/c1-6(2,9)4-3-10-5(7)8-4/h3,9H,1-2H3. The smallest absolute Gasteiger partial charge is 0.159 e. The summed E-state index contributed by atoms with van der Waals surface area (Å²) in [5.74, 6) is 0. The summed E-state index contributed by atoms with van der Waals surface area (Å²) in [4.78, 5) is 4.07. The molecule has 10 heavy (non-hydrogen) atoms. The predicted molar refractivity (Wildman–Crippen MR) is 45.1 cm³/mol. The van der Waals surface area contributed by atoms with E-state index < -0.39 is 5.60 Å². The number of aromatic nitrogens is 1. The van der Waals surface area contributed by atoms with Crippen LogP contribution in [0, 0.1) is 0 Å². The highest BCUT2D eigenvalue weighted by Gasteiger charge is 2.18. The molecular weight excluding hydrogens is 214 g/mol. The Morgan fingerprint density at radius 2 is 2.30 bits per heavy atom. The zero-order valence-electron chi connectivity index (χ0n) is 5.76. The fraction of sp³-hybridized carbons (Fsp3) is 0.500. The first-order valence-corrected chi connectivity index (χ1v) is 4.51. The molecule has 0 amide bonds. The Hall–Kier alpha value is 0.0700. The zero-order valence-corrected chi connectivity index (χ0v) is 8.16. The summed E-state index contributed by atoms with van der Waals surface area (Å²) in [6.07, 6.45) is 0. The molecule has 0 aliphatic heterocycles. The van der Waals surface area contributed by atoms with Crippen LogP contribution in [0.1, 0.15) is 19.5 Å². The minimum absolute atomic E-state index is 0.712. The van der Waals surface area contributed by atoms with E-state index in [-0.39, 0.29) is 0 Å². The van der Waals surface area contributed by atoms with Gasteiger partial charge in [0.15, 0.2) is 3.92 Å². The lowest BCUT2D eigenvalue weighted by Gasteiger charge is -2.12. The first-order valence-electron chi connectivity index (χ1n) is 2.84. The van der Waals surface area contributed by atoms with Crippen LogP contribution in [0.15, 0.2) is 9.30 Å². The number of rotatable bonds is 1. The molecule has 0 unspecified atom stereocenters. The van der Waals surface area contributed by atoms with E-state index in [1.807, 2.05) is 5.38 Å². The fourth-order valence-electron chi connectivity index (χ4n) is 0.533. The summed E-state index contributed by atoms with van der Waals surface area (Å²) in [5, 5.41) is 11.3. The molecule has 0 bridgehead atoms. The second-order valence-corrected chi connectivity index (χ2v) is 4.68. The van der Waals surface area contributed by atoms with Crippen molar-refractivity contribution in [3.63, 3.8) is 0 Å². The van der Waals surface area contributed by atoms with Crippen LogP contribution < -0.4 is 0 Å². The molecule has 1 aromatic heterocycles. The molecule has 0 spiro atoms. The normalized spacial score (nSPS) is 12.0. The largest absolute Gasteiger partial charge is 0.384 e. The molecule has 1 heterocycles. The second kappa shape index (κ2) is 2.60. The van der Waals surface area contributed by atoms with E-state index in [1.165, 1.54) is 11.3 Å². The van der Waals surface area contributed by atoms with Crippen LogP contribution >= 0.6 is 27.3 Å². The Labute approximate surface area is 72.0 Å². The predicted octanol–water partition coefficient (Wildman–Crippen LogP) is 2.13. The van der Waals surface area contributed by atoms with Gasteiger partial charge >= 0.3 is 0 Å². The molecule has 0 aliphatic carbocycles. The van der Waals surface area contributed by atoms with Gasteiger partial charge in [-0.05, 0) is 29.8 Å². The lowest BCUT2D eigenvalue weighted by molar-refractivity contribution is 0.0744. The summed E-state index contributed by atoms with van der Waals surface area (Å²) < 4.78 is 0.810. The molecule has 0 radical (unpaired) electrons. The third kappa shape index (κ3) is 1.78. The van der Waals surface area contributed by atoms with Crippen LogP contribution in [0.4, 0.5) is 0 Å². The second-order valence-electron chi connectivity index (χ2n) is 2.54. The maximum Gasteiger partial charge on any atom is 0.159 e. The number of aliphatic hydroxyl groups is 1. The quantitative estimate of drug-likeness (QED) is 0.789. The lowest BCUT2D eigenvalue weighted by Crippen LogP contribution is -2.15. The van der Waals surface area contributed by atoms with Gasteiger partial charge < -0.3 is 5.11 Å². The summed E-state index contributed by atoms with van der Waals surface area (Å²) in [7, 11) is 0. The van der Waals surface area contributed by atoms with Gasteiger partial charge in [-0.3, -0.25) is 0 Å².